The maximum atomic E-state index is 13.7. The number of hydrogen-bond donors (Lipinski definition) is 3. The van der Waals surface area contributed by atoms with E-state index < -0.39 is 35.7 Å². The number of methoxy groups -OCH3 is 1. The Morgan fingerprint density at radius 3 is 1.96 bits per heavy atom. The van der Waals surface area contributed by atoms with Crippen molar-refractivity contribution in [2.45, 2.75) is 143 Å². The van der Waals surface area contributed by atoms with Crippen LogP contribution in [0.1, 0.15) is 119 Å². The van der Waals surface area contributed by atoms with Crippen LogP contribution in [0.3, 0.4) is 0 Å². The molecule has 3 atom stereocenters. The predicted octanol–water partition coefficient (Wildman–Crippen LogP) is 6.53. The van der Waals surface area contributed by atoms with Gasteiger partial charge < -0.3 is 30.1 Å². The second kappa shape index (κ2) is 21.6. The number of benzene rings is 1. The quantitative estimate of drug-likeness (QED) is 0.102. The number of alkyl carbamates (subject to hydrolysis) is 1. The number of unbranched alkanes of at least 4 members (excludes halogenated alkanes) is 7. The first-order valence-corrected chi connectivity index (χ1v) is 17.1. The van der Waals surface area contributed by atoms with Crippen LogP contribution in [0, 0.1) is 11.8 Å². The Hall–Kier alpha value is -3.14. The summed E-state index contributed by atoms with van der Waals surface area (Å²) in [5.74, 6) is -1.11. The van der Waals surface area contributed by atoms with Gasteiger partial charge in [0.15, 0.2) is 0 Å². The van der Waals surface area contributed by atoms with Gasteiger partial charge in [-0.2, -0.15) is 0 Å². The zero-order valence-corrected chi connectivity index (χ0v) is 29.6. The summed E-state index contributed by atoms with van der Waals surface area (Å²) in [5, 5.41) is 16.9. The van der Waals surface area contributed by atoms with Crippen molar-refractivity contribution < 1.29 is 33.8 Å². The van der Waals surface area contributed by atoms with Gasteiger partial charge in [0, 0.05) is 18.7 Å². The largest absolute Gasteiger partial charge is 0.467 e. The van der Waals surface area contributed by atoms with Crippen molar-refractivity contribution in [2.24, 2.45) is 11.8 Å². The summed E-state index contributed by atoms with van der Waals surface area (Å²) in [6.07, 6.45) is 7.04. The lowest BCUT2D eigenvalue weighted by Gasteiger charge is -2.36. The minimum absolute atomic E-state index is 0.0802. The summed E-state index contributed by atoms with van der Waals surface area (Å²) in [5.41, 5.74) is 0.197. The molecule has 0 aliphatic heterocycles. The van der Waals surface area contributed by atoms with Crippen molar-refractivity contribution in [1.82, 2.24) is 10.6 Å². The first-order chi connectivity index (χ1) is 21.7. The molecule has 0 spiro atoms. The molecule has 0 radical (unpaired) electrons. The summed E-state index contributed by atoms with van der Waals surface area (Å²) in [7, 11) is 1.28. The van der Waals surface area contributed by atoms with E-state index in [9.17, 15) is 24.3 Å². The number of para-hydroxylation sites is 1. The van der Waals surface area contributed by atoms with Crippen LogP contribution in [0.25, 0.3) is 0 Å². The number of anilines is 1. The molecular formula is C36H61N3O7. The summed E-state index contributed by atoms with van der Waals surface area (Å²) in [6.45, 7) is 13.8. The highest BCUT2D eigenvalue weighted by atomic mass is 16.6. The monoisotopic (exact) mass is 647 g/mol. The van der Waals surface area contributed by atoms with E-state index in [-0.39, 0.29) is 30.3 Å². The molecule has 0 unspecified atom stereocenters. The number of ether oxygens (including phenoxy) is 2. The Kier molecular flexibility index (Phi) is 19.2. The number of rotatable bonds is 21. The third kappa shape index (κ3) is 17.0. The van der Waals surface area contributed by atoms with Crippen molar-refractivity contribution in [2.75, 3.05) is 18.6 Å². The van der Waals surface area contributed by atoms with E-state index in [1.54, 1.807) is 4.90 Å². The fourth-order valence-electron chi connectivity index (χ4n) is 5.30. The van der Waals surface area contributed by atoms with Crippen molar-refractivity contribution >= 4 is 29.6 Å². The lowest BCUT2D eigenvalue weighted by molar-refractivity contribution is -0.146. The molecule has 262 valence electrons. The van der Waals surface area contributed by atoms with Crippen LogP contribution < -0.4 is 15.5 Å². The van der Waals surface area contributed by atoms with Gasteiger partial charge in [0.1, 0.15) is 11.6 Å². The lowest BCUT2D eigenvalue weighted by Crippen LogP contribution is -2.51. The molecule has 0 bridgehead atoms. The second-order valence-electron chi connectivity index (χ2n) is 13.9. The number of amides is 3. The Balaban J connectivity index is 2.68. The highest BCUT2D eigenvalue weighted by Gasteiger charge is 2.34. The Morgan fingerprint density at radius 1 is 0.870 bits per heavy atom. The van der Waals surface area contributed by atoms with Gasteiger partial charge in [0.25, 0.3) is 0 Å². The van der Waals surface area contributed by atoms with Gasteiger partial charge in [-0.05, 0) is 64.0 Å². The van der Waals surface area contributed by atoms with E-state index >= 15 is 0 Å². The van der Waals surface area contributed by atoms with Crippen molar-refractivity contribution in [1.29, 1.82) is 0 Å². The molecule has 46 heavy (non-hydrogen) atoms. The minimum atomic E-state index is -1.13. The standard InChI is InChI=1S/C36H61N3O7/c1-26(2)24-29(30(40)25-31(41)38-33(27(3)4)34(43)45-8)39(28-20-16-15-17-21-28)32(42)22-18-13-11-9-10-12-14-19-23-37-35(44)46-36(5,6)7/h15-17,20-21,26-27,29-30,33,40H,9-14,18-19,22-25H2,1-8H3,(H,37,44)(H,38,41)/t29-,30-,33-/m0/s1. The van der Waals surface area contributed by atoms with Gasteiger partial charge in [-0.3, -0.25) is 9.59 Å². The number of hydrogen-bond acceptors (Lipinski definition) is 7. The molecule has 0 saturated carbocycles. The molecule has 1 aromatic rings. The second-order valence-corrected chi connectivity index (χ2v) is 13.9. The predicted molar refractivity (Wildman–Crippen MR) is 182 cm³/mol. The average molecular weight is 648 g/mol. The van der Waals surface area contributed by atoms with E-state index in [2.05, 4.69) is 10.6 Å². The topological polar surface area (TPSA) is 134 Å². The molecule has 0 aliphatic rings. The summed E-state index contributed by atoms with van der Waals surface area (Å²) >= 11 is 0. The van der Waals surface area contributed by atoms with E-state index in [1.807, 2.05) is 78.8 Å². The Bertz CT molecular complexity index is 1040. The number of nitrogens with zero attached hydrogens (tertiary/aromatic N) is 1. The fourth-order valence-corrected chi connectivity index (χ4v) is 5.30. The Labute approximate surface area is 277 Å². The molecule has 3 N–H and O–H groups in total. The van der Waals surface area contributed by atoms with Crippen molar-refractivity contribution in [3.63, 3.8) is 0 Å². The number of nitrogens with one attached hydrogen (secondary N) is 2. The van der Waals surface area contributed by atoms with Gasteiger partial charge >= 0.3 is 12.1 Å². The van der Waals surface area contributed by atoms with E-state index in [0.717, 1.165) is 51.4 Å². The average Bonchev–Trinajstić information content (AvgIpc) is 2.97. The molecule has 0 saturated heterocycles. The van der Waals surface area contributed by atoms with Gasteiger partial charge in [-0.15, -0.1) is 0 Å². The molecular weight excluding hydrogens is 586 g/mol. The van der Waals surface area contributed by atoms with Crippen LogP contribution in [0.2, 0.25) is 0 Å². The smallest absolute Gasteiger partial charge is 0.407 e. The zero-order chi connectivity index (χ0) is 34.7. The first kappa shape index (κ1) is 40.9. The van der Waals surface area contributed by atoms with Gasteiger partial charge in [-0.25, -0.2) is 9.59 Å². The van der Waals surface area contributed by atoms with E-state index in [0.29, 0.717) is 25.1 Å². The highest BCUT2D eigenvalue weighted by molar-refractivity contribution is 5.94. The van der Waals surface area contributed by atoms with Gasteiger partial charge in [0.2, 0.25) is 11.8 Å². The number of esters is 1. The molecule has 0 aliphatic carbocycles. The summed E-state index contributed by atoms with van der Waals surface area (Å²) < 4.78 is 10.1. The van der Waals surface area contributed by atoms with Crippen LogP contribution in [-0.2, 0) is 23.9 Å². The number of aliphatic hydroxyl groups is 1. The van der Waals surface area contributed by atoms with Crippen LogP contribution in [0.15, 0.2) is 30.3 Å². The van der Waals surface area contributed by atoms with Crippen LogP contribution in [0.5, 0.6) is 0 Å². The maximum absolute atomic E-state index is 13.7. The molecule has 1 rings (SSSR count). The highest BCUT2D eigenvalue weighted by Crippen LogP contribution is 2.26. The van der Waals surface area contributed by atoms with Crippen LogP contribution in [0.4, 0.5) is 10.5 Å². The normalized spacial score (nSPS) is 13.5. The summed E-state index contributed by atoms with van der Waals surface area (Å²) in [6, 6.07) is 7.88. The maximum Gasteiger partial charge on any atom is 0.407 e. The van der Waals surface area contributed by atoms with Crippen molar-refractivity contribution in [3.8, 4) is 0 Å². The molecule has 10 nitrogen and oxygen atoms in total. The number of aliphatic hydroxyl groups excluding tert-OH is 1. The van der Waals surface area contributed by atoms with Gasteiger partial charge in [0.05, 0.1) is 25.7 Å². The van der Waals surface area contributed by atoms with E-state index in [1.165, 1.54) is 7.11 Å². The van der Waals surface area contributed by atoms with Crippen molar-refractivity contribution in [3.05, 3.63) is 30.3 Å². The number of carbonyl (C=O) groups is 4. The SMILES string of the molecule is COC(=O)[C@@H](NC(=O)C[C@H](O)[C@H](CC(C)C)N(C(=O)CCCCCCCCCCNC(=O)OC(C)(C)C)c1ccccc1)C(C)C. The number of carbonyl (C=O) groups excluding carboxylic acids is 4. The summed E-state index contributed by atoms with van der Waals surface area (Å²) in [4.78, 5) is 52.2. The zero-order valence-electron chi connectivity index (χ0n) is 29.6. The van der Waals surface area contributed by atoms with Gasteiger partial charge in [-0.1, -0.05) is 84.4 Å². The Morgan fingerprint density at radius 2 is 1.43 bits per heavy atom. The molecule has 10 heteroatoms. The first-order valence-electron chi connectivity index (χ1n) is 17.1. The third-order valence-corrected chi connectivity index (χ3v) is 7.61. The molecule has 0 fully saturated rings. The molecule has 3 amide bonds. The van der Waals surface area contributed by atoms with Crippen LogP contribution in [-0.4, -0.2) is 66.4 Å². The lowest BCUT2D eigenvalue weighted by atomic mass is 9.94. The third-order valence-electron chi connectivity index (χ3n) is 7.61. The van der Waals surface area contributed by atoms with E-state index in [4.69, 9.17) is 9.47 Å². The molecule has 0 aromatic heterocycles. The minimum Gasteiger partial charge on any atom is -0.467 e. The van der Waals surface area contributed by atoms with Crippen LogP contribution >= 0.6 is 0 Å². The fraction of sp³-hybridized carbons (Fsp3) is 0.722. The molecule has 0 heterocycles. The molecule has 1 aromatic carbocycles.